The number of hydrogen-bond acceptors (Lipinski definition) is 0. The Kier molecular flexibility index (Phi) is 18.1. The second-order valence-electron chi connectivity index (χ2n) is 6.66. The summed E-state index contributed by atoms with van der Waals surface area (Å²) in [5.41, 5.74) is 0. The number of allylic oxidation sites excluding steroid dienone is 4. The van der Waals surface area contributed by atoms with Crippen molar-refractivity contribution in [1.29, 1.82) is 0 Å². The molecule has 0 fully saturated rings. The SMILES string of the molecule is [CH2]C(CCC/C=C/CCCCC)CCC/C=C/CCCCC. The molecule has 0 N–H and O–H groups in total. The quantitative estimate of drug-likeness (QED) is 0.200. The van der Waals surface area contributed by atoms with Crippen LogP contribution < -0.4 is 0 Å². The minimum atomic E-state index is 0.655. The molecule has 0 nitrogen and oxygen atoms in total. The third kappa shape index (κ3) is 17.5. The van der Waals surface area contributed by atoms with Crippen molar-refractivity contribution in [3.8, 4) is 0 Å². The summed E-state index contributed by atoms with van der Waals surface area (Å²) in [6.07, 6.45) is 27.8. The third-order valence-corrected chi connectivity index (χ3v) is 4.25. The summed E-state index contributed by atoms with van der Waals surface area (Å²) in [6, 6.07) is 0. The third-order valence-electron chi connectivity index (χ3n) is 4.25. The molecule has 0 aliphatic heterocycles. The van der Waals surface area contributed by atoms with Crippen LogP contribution in [0.3, 0.4) is 0 Å². The Balaban J connectivity index is 3.30. The molecule has 0 amide bonds. The van der Waals surface area contributed by atoms with E-state index in [0.717, 1.165) is 0 Å². The van der Waals surface area contributed by atoms with Gasteiger partial charge in [-0.15, -0.1) is 0 Å². The van der Waals surface area contributed by atoms with Crippen molar-refractivity contribution in [3.05, 3.63) is 31.2 Å². The molecule has 0 saturated heterocycles. The molecule has 1 radical (unpaired) electrons. The highest BCUT2D eigenvalue weighted by Crippen LogP contribution is 2.15. The fourth-order valence-electron chi connectivity index (χ4n) is 2.69. The van der Waals surface area contributed by atoms with Crippen molar-refractivity contribution in [2.75, 3.05) is 0 Å². The van der Waals surface area contributed by atoms with Gasteiger partial charge in [-0.25, -0.2) is 0 Å². The first kappa shape index (κ1) is 21.5. The van der Waals surface area contributed by atoms with Gasteiger partial charge in [-0.1, -0.05) is 83.6 Å². The summed E-state index contributed by atoms with van der Waals surface area (Å²) < 4.78 is 0. The molecule has 0 rings (SSSR count). The highest BCUT2D eigenvalue weighted by Gasteiger charge is 2.00. The van der Waals surface area contributed by atoms with Crippen LogP contribution in [0.25, 0.3) is 0 Å². The van der Waals surface area contributed by atoms with Crippen LogP contribution >= 0.6 is 0 Å². The molecule has 129 valence electrons. The summed E-state index contributed by atoms with van der Waals surface area (Å²) in [6.45, 7) is 8.83. The molecule has 0 heteroatoms. The maximum absolute atomic E-state index is 4.31. The molecule has 0 spiro atoms. The summed E-state index contributed by atoms with van der Waals surface area (Å²) in [5, 5.41) is 0. The van der Waals surface area contributed by atoms with Crippen LogP contribution in [0.2, 0.25) is 0 Å². The lowest BCUT2D eigenvalue weighted by atomic mass is 9.97. The molecule has 0 bridgehead atoms. The van der Waals surface area contributed by atoms with Crippen LogP contribution in [0, 0.1) is 12.8 Å². The summed E-state index contributed by atoms with van der Waals surface area (Å²) in [7, 11) is 0. The van der Waals surface area contributed by atoms with Crippen molar-refractivity contribution < 1.29 is 0 Å². The molecule has 0 aromatic carbocycles. The van der Waals surface area contributed by atoms with Gasteiger partial charge >= 0.3 is 0 Å². The molecule has 0 aromatic heterocycles. The lowest BCUT2D eigenvalue weighted by molar-refractivity contribution is 0.505. The molecule has 0 atom stereocenters. The first-order chi connectivity index (χ1) is 10.8. The smallest absolute Gasteiger partial charge is 0.0351 e. The monoisotopic (exact) mass is 305 g/mol. The van der Waals surface area contributed by atoms with E-state index in [2.05, 4.69) is 45.1 Å². The van der Waals surface area contributed by atoms with Crippen LogP contribution in [-0.2, 0) is 0 Å². The van der Waals surface area contributed by atoms with Gasteiger partial charge in [-0.2, -0.15) is 0 Å². The van der Waals surface area contributed by atoms with E-state index in [9.17, 15) is 0 Å². The lowest BCUT2D eigenvalue weighted by Crippen LogP contribution is -1.94. The fourth-order valence-corrected chi connectivity index (χ4v) is 2.69. The average molecular weight is 306 g/mol. The van der Waals surface area contributed by atoms with Gasteiger partial charge in [0.2, 0.25) is 0 Å². The molecule has 0 aliphatic carbocycles. The maximum atomic E-state index is 4.31. The zero-order chi connectivity index (χ0) is 16.3. The molecule has 0 aliphatic rings. The summed E-state index contributed by atoms with van der Waals surface area (Å²) in [5.74, 6) is 0.655. The first-order valence-electron chi connectivity index (χ1n) is 9.94. The Bertz CT molecular complexity index is 223. The fraction of sp³-hybridized carbons (Fsp3) is 0.773. The van der Waals surface area contributed by atoms with Crippen LogP contribution in [-0.4, -0.2) is 0 Å². The van der Waals surface area contributed by atoms with Gasteiger partial charge in [0.15, 0.2) is 0 Å². The molecule has 22 heavy (non-hydrogen) atoms. The Labute approximate surface area is 141 Å². The molecule has 0 heterocycles. The van der Waals surface area contributed by atoms with Gasteiger partial charge in [0.25, 0.3) is 0 Å². The Morgan fingerprint density at radius 1 is 0.591 bits per heavy atom. The van der Waals surface area contributed by atoms with E-state index >= 15 is 0 Å². The topological polar surface area (TPSA) is 0 Å². The zero-order valence-corrected chi connectivity index (χ0v) is 15.5. The van der Waals surface area contributed by atoms with Gasteiger partial charge in [-0.05, 0) is 57.3 Å². The largest absolute Gasteiger partial charge is 0.0885 e. The Hall–Kier alpha value is -0.520. The Morgan fingerprint density at radius 3 is 1.32 bits per heavy atom. The minimum Gasteiger partial charge on any atom is -0.0885 e. The minimum absolute atomic E-state index is 0.655. The highest BCUT2D eigenvalue weighted by molar-refractivity contribution is 4.83. The van der Waals surface area contributed by atoms with Gasteiger partial charge in [0.1, 0.15) is 0 Å². The number of unbranched alkanes of at least 4 members (excludes halogenated alkanes) is 8. The number of rotatable bonds is 16. The standard InChI is InChI=1S/C22H41/c1-4-6-8-10-12-14-16-18-20-22(3)21-19-17-15-13-11-9-7-5-2/h12-15,22H,3-11,16-21H2,1-2H3/b14-12+,15-13+. The highest BCUT2D eigenvalue weighted by atomic mass is 14.1. The maximum Gasteiger partial charge on any atom is -0.0351 e. The van der Waals surface area contributed by atoms with Crippen molar-refractivity contribution in [1.82, 2.24) is 0 Å². The summed E-state index contributed by atoms with van der Waals surface area (Å²) in [4.78, 5) is 0. The second kappa shape index (κ2) is 18.5. The summed E-state index contributed by atoms with van der Waals surface area (Å²) >= 11 is 0. The van der Waals surface area contributed by atoms with E-state index in [1.807, 2.05) is 0 Å². The normalized spacial score (nSPS) is 12.2. The van der Waals surface area contributed by atoms with Crippen molar-refractivity contribution >= 4 is 0 Å². The molecular weight excluding hydrogens is 264 g/mol. The van der Waals surface area contributed by atoms with E-state index in [-0.39, 0.29) is 0 Å². The van der Waals surface area contributed by atoms with Gasteiger partial charge in [0.05, 0.1) is 0 Å². The zero-order valence-electron chi connectivity index (χ0n) is 15.5. The first-order valence-corrected chi connectivity index (χ1v) is 9.94. The van der Waals surface area contributed by atoms with E-state index in [1.165, 1.54) is 89.9 Å². The number of hydrogen-bond donors (Lipinski definition) is 0. The van der Waals surface area contributed by atoms with Crippen LogP contribution in [0.4, 0.5) is 0 Å². The van der Waals surface area contributed by atoms with Crippen molar-refractivity contribution in [2.24, 2.45) is 5.92 Å². The van der Waals surface area contributed by atoms with E-state index in [1.54, 1.807) is 0 Å². The predicted molar refractivity (Wildman–Crippen MR) is 103 cm³/mol. The molecule has 0 unspecified atom stereocenters. The van der Waals surface area contributed by atoms with E-state index < -0.39 is 0 Å². The lowest BCUT2D eigenvalue weighted by Gasteiger charge is -2.09. The predicted octanol–water partition coefficient (Wildman–Crippen LogP) is 8.05. The van der Waals surface area contributed by atoms with Crippen molar-refractivity contribution in [3.63, 3.8) is 0 Å². The van der Waals surface area contributed by atoms with Crippen LogP contribution in [0.15, 0.2) is 24.3 Å². The molecule has 0 saturated carbocycles. The van der Waals surface area contributed by atoms with E-state index in [4.69, 9.17) is 0 Å². The van der Waals surface area contributed by atoms with Gasteiger partial charge in [0, 0.05) is 0 Å². The van der Waals surface area contributed by atoms with Crippen molar-refractivity contribution in [2.45, 2.75) is 104 Å². The average Bonchev–Trinajstić information content (AvgIpc) is 2.52. The van der Waals surface area contributed by atoms with E-state index in [0.29, 0.717) is 5.92 Å². The van der Waals surface area contributed by atoms with Crippen LogP contribution in [0.5, 0.6) is 0 Å². The molecular formula is C22H41. The van der Waals surface area contributed by atoms with Gasteiger partial charge in [-0.3, -0.25) is 0 Å². The Morgan fingerprint density at radius 2 is 0.955 bits per heavy atom. The molecule has 0 aromatic rings. The van der Waals surface area contributed by atoms with Crippen LogP contribution in [0.1, 0.15) is 104 Å². The van der Waals surface area contributed by atoms with Gasteiger partial charge < -0.3 is 0 Å². The second-order valence-corrected chi connectivity index (χ2v) is 6.66.